The molecule has 28 heavy (non-hydrogen) atoms. The Hall–Kier alpha value is -1.32. The average molecular weight is 449 g/mol. The lowest BCUT2D eigenvalue weighted by atomic mass is 9.95. The lowest BCUT2D eigenvalue weighted by Gasteiger charge is -2.39. The quantitative estimate of drug-likeness (QED) is 0.690. The van der Waals surface area contributed by atoms with Crippen LogP contribution in [0.2, 0.25) is 5.02 Å². The van der Waals surface area contributed by atoms with Gasteiger partial charge in [-0.05, 0) is 18.8 Å². The molecule has 2 saturated heterocycles. The second kappa shape index (κ2) is 8.20. The molecular weight excluding hydrogens is 424 g/mol. The van der Waals surface area contributed by atoms with Crippen LogP contribution in [-0.2, 0) is 14.6 Å². The zero-order valence-electron chi connectivity index (χ0n) is 16.2. The van der Waals surface area contributed by atoms with Crippen molar-refractivity contribution in [3.63, 3.8) is 0 Å². The van der Waals surface area contributed by atoms with E-state index in [4.69, 9.17) is 16.3 Å². The Morgan fingerprint density at radius 1 is 1.39 bits per heavy atom. The molecule has 1 aromatic heterocycles. The molecule has 2 aliphatic rings. The normalized spacial score (nSPS) is 22.4. The standard InChI is InChI=1S/C18H25ClN2O5S2/c1-4-11(2)13-9-26-18(23)21(13)12-5-7-20(8-6-12)17(22)16-15(19)14(10-27-16)28(3,24)25/h10-13H,4-9H2,1-3H3. The van der Waals surface area contributed by atoms with Crippen LogP contribution in [0.5, 0.6) is 0 Å². The Morgan fingerprint density at radius 2 is 2.04 bits per heavy atom. The molecule has 0 aromatic carbocycles. The topological polar surface area (TPSA) is 84.0 Å². The van der Waals surface area contributed by atoms with Crippen molar-refractivity contribution in [2.75, 3.05) is 26.0 Å². The van der Waals surface area contributed by atoms with Crippen molar-refractivity contribution in [2.24, 2.45) is 5.92 Å². The third-order valence-corrected chi connectivity index (χ3v) is 8.54. The maximum absolute atomic E-state index is 12.8. The molecule has 2 unspecified atom stereocenters. The summed E-state index contributed by atoms with van der Waals surface area (Å²) in [5, 5.41) is 1.41. The Kier molecular flexibility index (Phi) is 6.26. The zero-order valence-corrected chi connectivity index (χ0v) is 18.6. The smallest absolute Gasteiger partial charge is 0.410 e. The van der Waals surface area contributed by atoms with Gasteiger partial charge in [-0.1, -0.05) is 31.9 Å². The molecule has 3 heterocycles. The van der Waals surface area contributed by atoms with Crippen LogP contribution in [0.25, 0.3) is 0 Å². The van der Waals surface area contributed by atoms with E-state index < -0.39 is 9.84 Å². The molecule has 0 aliphatic carbocycles. The summed E-state index contributed by atoms with van der Waals surface area (Å²) in [5.41, 5.74) is 0. The zero-order chi connectivity index (χ0) is 20.6. The van der Waals surface area contributed by atoms with E-state index in [1.54, 1.807) is 4.90 Å². The van der Waals surface area contributed by atoms with Crippen molar-refractivity contribution in [3.8, 4) is 0 Å². The number of hydrogen-bond donors (Lipinski definition) is 0. The first kappa shape index (κ1) is 21.4. The van der Waals surface area contributed by atoms with E-state index in [0.29, 0.717) is 38.5 Å². The summed E-state index contributed by atoms with van der Waals surface area (Å²) < 4.78 is 28.8. The number of carbonyl (C=O) groups excluding carboxylic acids is 2. The van der Waals surface area contributed by atoms with Crippen molar-refractivity contribution in [1.82, 2.24) is 9.80 Å². The Labute approximate surface area is 174 Å². The predicted molar refractivity (Wildman–Crippen MR) is 108 cm³/mol. The van der Waals surface area contributed by atoms with Gasteiger partial charge in [-0.3, -0.25) is 9.69 Å². The molecule has 156 valence electrons. The van der Waals surface area contributed by atoms with E-state index in [0.717, 1.165) is 24.0 Å². The van der Waals surface area contributed by atoms with E-state index >= 15 is 0 Å². The van der Waals surface area contributed by atoms with Gasteiger partial charge in [0.05, 0.1) is 16.0 Å². The molecule has 0 saturated carbocycles. The van der Waals surface area contributed by atoms with Crippen LogP contribution in [0, 0.1) is 5.92 Å². The summed E-state index contributed by atoms with van der Waals surface area (Å²) in [6.45, 7) is 5.62. The molecule has 3 rings (SSSR count). The summed E-state index contributed by atoms with van der Waals surface area (Å²) in [6, 6.07) is 0.122. The molecule has 10 heteroatoms. The number of halogens is 1. The first-order valence-electron chi connectivity index (χ1n) is 9.36. The number of carbonyl (C=O) groups is 2. The van der Waals surface area contributed by atoms with Crippen LogP contribution < -0.4 is 0 Å². The predicted octanol–water partition coefficient (Wildman–Crippen LogP) is 3.28. The number of piperidine rings is 1. The molecule has 2 amide bonds. The van der Waals surface area contributed by atoms with E-state index in [1.165, 1.54) is 5.38 Å². The van der Waals surface area contributed by atoms with E-state index in [2.05, 4.69) is 13.8 Å². The van der Waals surface area contributed by atoms with Gasteiger partial charge < -0.3 is 9.64 Å². The molecule has 7 nitrogen and oxygen atoms in total. The highest BCUT2D eigenvalue weighted by Gasteiger charge is 2.42. The molecular formula is C18H25ClN2O5S2. The maximum Gasteiger partial charge on any atom is 0.410 e. The Bertz CT molecular complexity index is 861. The number of ether oxygens (including phenoxy) is 1. The Morgan fingerprint density at radius 3 is 2.57 bits per heavy atom. The minimum atomic E-state index is -3.47. The summed E-state index contributed by atoms with van der Waals surface area (Å²) in [6.07, 6.45) is 3.10. The van der Waals surface area contributed by atoms with Crippen molar-refractivity contribution in [2.45, 2.75) is 50.1 Å². The van der Waals surface area contributed by atoms with Gasteiger partial charge in [-0.2, -0.15) is 0 Å². The number of rotatable bonds is 5. The molecule has 2 atom stereocenters. The first-order valence-corrected chi connectivity index (χ1v) is 12.5. The second-order valence-electron chi connectivity index (χ2n) is 7.48. The molecule has 0 radical (unpaired) electrons. The first-order chi connectivity index (χ1) is 13.1. The highest BCUT2D eigenvalue weighted by molar-refractivity contribution is 7.91. The van der Waals surface area contributed by atoms with Crippen molar-refractivity contribution in [3.05, 3.63) is 15.3 Å². The van der Waals surface area contributed by atoms with Crippen molar-refractivity contribution < 1.29 is 22.7 Å². The van der Waals surface area contributed by atoms with Crippen LogP contribution in [0.3, 0.4) is 0 Å². The van der Waals surface area contributed by atoms with Gasteiger partial charge in [0.15, 0.2) is 9.84 Å². The number of likely N-dealkylation sites (tertiary alicyclic amines) is 1. The molecule has 1 aromatic rings. The van der Waals surface area contributed by atoms with Gasteiger partial charge in [0, 0.05) is 30.8 Å². The monoisotopic (exact) mass is 448 g/mol. The van der Waals surface area contributed by atoms with Gasteiger partial charge in [-0.25, -0.2) is 13.2 Å². The average Bonchev–Trinajstić information content (AvgIpc) is 3.23. The second-order valence-corrected chi connectivity index (χ2v) is 10.7. The lowest BCUT2D eigenvalue weighted by Crippen LogP contribution is -2.51. The lowest BCUT2D eigenvalue weighted by molar-refractivity contribution is 0.0619. The third-order valence-electron chi connectivity index (χ3n) is 5.68. The van der Waals surface area contributed by atoms with Crippen LogP contribution >= 0.6 is 22.9 Å². The summed E-state index contributed by atoms with van der Waals surface area (Å²) in [5.74, 6) is 0.0938. The van der Waals surface area contributed by atoms with Gasteiger partial charge in [-0.15, -0.1) is 11.3 Å². The number of nitrogens with zero attached hydrogens (tertiary/aromatic N) is 2. The molecule has 2 aliphatic heterocycles. The number of amides is 2. The van der Waals surface area contributed by atoms with Gasteiger partial charge in [0.1, 0.15) is 11.5 Å². The highest BCUT2D eigenvalue weighted by atomic mass is 35.5. The van der Waals surface area contributed by atoms with Gasteiger partial charge in [0.2, 0.25) is 0 Å². The van der Waals surface area contributed by atoms with Crippen LogP contribution in [0.15, 0.2) is 10.3 Å². The third kappa shape index (κ3) is 4.02. The fourth-order valence-corrected chi connectivity index (χ4v) is 6.67. The van der Waals surface area contributed by atoms with Crippen LogP contribution in [0.1, 0.15) is 42.8 Å². The van der Waals surface area contributed by atoms with Crippen LogP contribution in [-0.4, -0.2) is 68.3 Å². The number of cyclic esters (lactones) is 1. The summed E-state index contributed by atoms with van der Waals surface area (Å²) in [4.78, 5) is 28.8. The minimum absolute atomic E-state index is 0.000390. The molecule has 0 bridgehead atoms. The summed E-state index contributed by atoms with van der Waals surface area (Å²) in [7, 11) is -3.47. The SMILES string of the molecule is CCC(C)C1COC(=O)N1C1CCN(C(=O)c2scc(S(C)(=O)=O)c2Cl)CC1. The van der Waals surface area contributed by atoms with Crippen molar-refractivity contribution in [1.29, 1.82) is 0 Å². The fourth-order valence-electron chi connectivity index (χ4n) is 3.79. The van der Waals surface area contributed by atoms with Gasteiger partial charge >= 0.3 is 6.09 Å². The fraction of sp³-hybridized carbons (Fsp3) is 0.667. The van der Waals surface area contributed by atoms with E-state index in [1.807, 2.05) is 4.90 Å². The minimum Gasteiger partial charge on any atom is -0.447 e. The number of sulfone groups is 1. The van der Waals surface area contributed by atoms with Gasteiger partial charge in [0.25, 0.3) is 5.91 Å². The highest BCUT2D eigenvalue weighted by Crippen LogP contribution is 2.34. The number of thiophene rings is 1. The number of hydrogen-bond acceptors (Lipinski definition) is 6. The Balaban J connectivity index is 1.68. The molecule has 0 spiro atoms. The van der Waals surface area contributed by atoms with E-state index in [-0.39, 0.29) is 38.9 Å². The molecule has 2 fully saturated rings. The van der Waals surface area contributed by atoms with Crippen molar-refractivity contribution >= 4 is 44.8 Å². The maximum atomic E-state index is 12.8. The van der Waals surface area contributed by atoms with E-state index in [9.17, 15) is 18.0 Å². The summed E-state index contributed by atoms with van der Waals surface area (Å²) >= 11 is 7.21. The largest absolute Gasteiger partial charge is 0.447 e. The molecule has 0 N–H and O–H groups in total. The van der Waals surface area contributed by atoms with Crippen LogP contribution in [0.4, 0.5) is 4.79 Å².